The number of amides is 2. The summed E-state index contributed by atoms with van der Waals surface area (Å²) in [6, 6.07) is 7.78. The lowest BCUT2D eigenvalue weighted by molar-refractivity contribution is -0.125. The number of rotatable bonds is 3. The van der Waals surface area contributed by atoms with E-state index in [2.05, 4.69) is 12.2 Å². The fourth-order valence-electron chi connectivity index (χ4n) is 3.63. The number of benzene rings is 1. The molecule has 1 aromatic rings. The van der Waals surface area contributed by atoms with Crippen molar-refractivity contribution in [2.24, 2.45) is 0 Å². The van der Waals surface area contributed by atoms with Crippen LogP contribution in [0.4, 0.5) is 0 Å². The molecule has 1 saturated heterocycles. The second kappa shape index (κ2) is 6.11. The van der Waals surface area contributed by atoms with Crippen molar-refractivity contribution in [3.63, 3.8) is 0 Å². The molecule has 1 N–H and O–H groups in total. The average molecular weight is 300 g/mol. The van der Waals surface area contributed by atoms with Gasteiger partial charge in [-0.15, -0.1) is 0 Å². The van der Waals surface area contributed by atoms with Crippen LogP contribution in [0.15, 0.2) is 24.3 Å². The predicted molar refractivity (Wildman–Crippen MR) is 85.8 cm³/mol. The van der Waals surface area contributed by atoms with Gasteiger partial charge in [0.2, 0.25) is 5.91 Å². The van der Waals surface area contributed by atoms with Crippen molar-refractivity contribution in [1.82, 2.24) is 10.2 Å². The lowest BCUT2D eigenvalue weighted by Crippen LogP contribution is -2.54. The van der Waals surface area contributed by atoms with E-state index in [4.69, 9.17) is 0 Å². The summed E-state index contributed by atoms with van der Waals surface area (Å²) < 4.78 is 0. The average Bonchev–Trinajstić information content (AvgIpc) is 2.55. The SMILES string of the molecule is CCC(C)NC(=O)[C@@H]1c2ccccc2C(=O)N2CCCC[C@@H]12. The summed E-state index contributed by atoms with van der Waals surface area (Å²) in [6.07, 6.45) is 3.94. The van der Waals surface area contributed by atoms with Gasteiger partial charge in [0.15, 0.2) is 0 Å². The maximum Gasteiger partial charge on any atom is 0.254 e. The Kier molecular flexibility index (Phi) is 4.19. The highest BCUT2D eigenvalue weighted by molar-refractivity contribution is 6.01. The monoisotopic (exact) mass is 300 g/mol. The van der Waals surface area contributed by atoms with Gasteiger partial charge >= 0.3 is 0 Å². The Labute approximate surface area is 131 Å². The molecule has 4 heteroatoms. The van der Waals surface area contributed by atoms with E-state index in [1.54, 1.807) is 0 Å². The van der Waals surface area contributed by atoms with E-state index in [0.717, 1.165) is 37.8 Å². The van der Waals surface area contributed by atoms with Gasteiger partial charge in [0.25, 0.3) is 5.91 Å². The van der Waals surface area contributed by atoms with Crippen LogP contribution in [0, 0.1) is 0 Å². The number of fused-ring (bicyclic) bond motifs is 2. The fourth-order valence-corrected chi connectivity index (χ4v) is 3.63. The smallest absolute Gasteiger partial charge is 0.254 e. The molecular formula is C18H24N2O2. The first kappa shape index (κ1) is 15.1. The second-order valence-corrected chi connectivity index (χ2v) is 6.44. The summed E-state index contributed by atoms with van der Waals surface area (Å²) >= 11 is 0. The first-order valence-corrected chi connectivity index (χ1v) is 8.33. The van der Waals surface area contributed by atoms with E-state index in [1.165, 1.54) is 0 Å². The molecule has 0 radical (unpaired) electrons. The van der Waals surface area contributed by atoms with Crippen molar-refractivity contribution in [2.45, 2.75) is 57.5 Å². The molecule has 2 amide bonds. The number of nitrogens with zero attached hydrogens (tertiary/aromatic N) is 1. The molecule has 0 aromatic heterocycles. The zero-order valence-corrected chi connectivity index (χ0v) is 13.3. The van der Waals surface area contributed by atoms with E-state index in [0.29, 0.717) is 5.56 Å². The minimum Gasteiger partial charge on any atom is -0.353 e. The zero-order valence-electron chi connectivity index (χ0n) is 13.3. The molecule has 3 atom stereocenters. The Morgan fingerprint density at radius 2 is 2.14 bits per heavy atom. The Hall–Kier alpha value is -1.84. The van der Waals surface area contributed by atoms with Crippen molar-refractivity contribution in [2.75, 3.05) is 6.54 Å². The number of hydrogen-bond acceptors (Lipinski definition) is 2. The van der Waals surface area contributed by atoms with E-state index >= 15 is 0 Å². The molecule has 0 saturated carbocycles. The quantitative estimate of drug-likeness (QED) is 0.933. The van der Waals surface area contributed by atoms with Crippen LogP contribution >= 0.6 is 0 Å². The number of carbonyl (C=O) groups excluding carboxylic acids is 2. The molecule has 118 valence electrons. The summed E-state index contributed by atoms with van der Waals surface area (Å²) in [6.45, 7) is 4.86. The van der Waals surface area contributed by atoms with Crippen molar-refractivity contribution in [1.29, 1.82) is 0 Å². The summed E-state index contributed by atoms with van der Waals surface area (Å²) in [4.78, 5) is 27.5. The third-order valence-corrected chi connectivity index (χ3v) is 5.00. The van der Waals surface area contributed by atoms with Crippen molar-refractivity contribution in [3.8, 4) is 0 Å². The minimum atomic E-state index is -0.233. The first-order chi connectivity index (χ1) is 10.6. The van der Waals surface area contributed by atoms with Crippen LogP contribution in [0.3, 0.4) is 0 Å². The van der Waals surface area contributed by atoms with Gasteiger partial charge in [0.1, 0.15) is 0 Å². The fraction of sp³-hybridized carbons (Fsp3) is 0.556. The Morgan fingerprint density at radius 1 is 1.36 bits per heavy atom. The van der Waals surface area contributed by atoms with Gasteiger partial charge in [-0.2, -0.15) is 0 Å². The van der Waals surface area contributed by atoms with Gasteiger partial charge in [0.05, 0.1) is 5.92 Å². The van der Waals surface area contributed by atoms with E-state index in [9.17, 15) is 9.59 Å². The molecule has 1 unspecified atom stereocenters. The Morgan fingerprint density at radius 3 is 2.91 bits per heavy atom. The molecule has 3 rings (SSSR count). The summed E-state index contributed by atoms with van der Waals surface area (Å²) in [5, 5.41) is 3.11. The van der Waals surface area contributed by atoms with Gasteiger partial charge < -0.3 is 10.2 Å². The standard InChI is InChI=1S/C18H24N2O2/c1-3-12(2)19-17(21)16-13-8-4-5-9-14(13)18(22)20-11-7-6-10-15(16)20/h4-5,8-9,12,15-16H,3,6-7,10-11H2,1-2H3,(H,19,21)/t12?,15-,16+/m0/s1. The molecule has 22 heavy (non-hydrogen) atoms. The third kappa shape index (κ3) is 2.51. The van der Waals surface area contributed by atoms with Gasteiger partial charge in [-0.25, -0.2) is 0 Å². The number of piperidine rings is 1. The van der Waals surface area contributed by atoms with Crippen LogP contribution in [0.25, 0.3) is 0 Å². The Balaban J connectivity index is 1.99. The van der Waals surface area contributed by atoms with Gasteiger partial charge in [-0.05, 0) is 44.2 Å². The predicted octanol–water partition coefficient (Wildman–Crippen LogP) is 2.69. The largest absolute Gasteiger partial charge is 0.353 e. The van der Waals surface area contributed by atoms with Crippen molar-refractivity contribution < 1.29 is 9.59 Å². The lowest BCUT2D eigenvalue weighted by Gasteiger charge is -2.44. The van der Waals surface area contributed by atoms with Gasteiger partial charge in [0, 0.05) is 24.2 Å². The second-order valence-electron chi connectivity index (χ2n) is 6.44. The van der Waals surface area contributed by atoms with Gasteiger partial charge in [-0.1, -0.05) is 25.1 Å². The molecule has 2 heterocycles. The highest BCUT2D eigenvalue weighted by atomic mass is 16.2. The maximum atomic E-state index is 12.8. The molecule has 2 aliphatic heterocycles. The topological polar surface area (TPSA) is 49.4 Å². The van der Waals surface area contributed by atoms with Crippen molar-refractivity contribution >= 4 is 11.8 Å². The molecule has 1 fully saturated rings. The first-order valence-electron chi connectivity index (χ1n) is 8.33. The number of carbonyl (C=O) groups is 2. The maximum absolute atomic E-state index is 12.8. The number of hydrogen-bond donors (Lipinski definition) is 1. The van der Waals surface area contributed by atoms with Crippen LogP contribution in [-0.2, 0) is 4.79 Å². The molecule has 2 aliphatic rings. The molecule has 4 nitrogen and oxygen atoms in total. The van der Waals surface area contributed by atoms with Crippen LogP contribution in [0.1, 0.15) is 61.4 Å². The molecule has 1 aromatic carbocycles. The van der Waals surface area contributed by atoms with E-state index < -0.39 is 0 Å². The van der Waals surface area contributed by atoms with E-state index in [-0.39, 0.29) is 29.8 Å². The molecule has 0 spiro atoms. The lowest BCUT2D eigenvalue weighted by atomic mass is 9.78. The van der Waals surface area contributed by atoms with Crippen molar-refractivity contribution in [3.05, 3.63) is 35.4 Å². The highest BCUT2D eigenvalue weighted by Crippen LogP contribution is 2.38. The third-order valence-electron chi connectivity index (χ3n) is 5.00. The molecular weight excluding hydrogens is 276 g/mol. The van der Waals surface area contributed by atoms with Crippen LogP contribution in [0.5, 0.6) is 0 Å². The summed E-state index contributed by atoms with van der Waals surface area (Å²) in [5.74, 6) is -0.0812. The summed E-state index contributed by atoms with van der Waals surface area (Å²) in [5.41, 5.74) is 1.60. The van der Waals surface area contributed by atoms with E-state index in [1.807, 2.05) is 36.1 Å². The van der Waals surface area contributed by atoms with Crippen LogP contribution < -0.4 is 5.32 Å². The number of nitrogens with one attached hydrogen (secondary N) is 1. The normalized spacial score (nSPS) is 25.2. The van der Waals surface area contributed by atoms with Crippen LogP contribution in [0.2, 0.25) is 0 Å². The summed E-state index contributed by atoms with van der Waals surface area (Å²) in [7, 11) is 0. The molecule has 0 bridgehead atoms. The minimum absolute atomic E-state index is 0.0141. The Bertz CT molecular complexity index is 584. The van der Waals surface area contributed by atoms with Gasteiger partial charge in [-0.3, -0.25) is 9.59 Å². The molecule has 0 aliphatic carbocycles. The van der Waals surface area contributed by atoms with Crippen LogP contribution in [-0.4, -0.2) is 35.3 Å². The zero-order chi connectivity index (χ0) is 15.7. The highest BCUT2D eigenvalue weighted by Gasteiger charge is 2.43.